The molecule has 0 aliphatic heterocycles. The third-order valence-corrected chi connectivity index (χ3v) is 2.16. The maximum atomic E-state index is 10.4. The highest BCUT2D eigenvalue weighted by molar-refractivity contribution is 7.00. The predicted molar refractivity (Wildman–Crippen MR) is 48.3 cm³/mol. The van der Waals surface area contributed by atoms with E-state index in [1.54, 1.807) is 6.07 Å². The summed E-state index contributed by atoms with van der Waals surface area (Å²) in [4.78, 5) is 10.4. The van der Waals surface area contributed by atoms with E-state index in [0.717, 1.165) is 11.7 Å². The summed E-state index contributed by atoms with van der Waals surface area (Å²) in [5.41, 5.74) is 3.18. The van der Waals surface area contributed by atoms with Crippen molar-refractivity contribution in [2.75, 3.05) is 5.48 Å². The van der Waals surface area contributed by atoms with E-state index in [-0.39, 0.29) is 11.4 Å². The van der Waals surface area contributed by atoms with E-state index in [1.165, 1.54) is 6.07 Å². The van der Waals surface area contributed by atoms with E-state index >= 15 is 0 Å². The summed E-state index contributed by atoms with van der Waals surface area (Å²) in [5, 5.41) is 11.4. The highest BCUT2D eigenvalue weighted by Gasteiger charge is 2.10. The van der Waals surface area contributed by atoms with E-state index in [1.807, 2.05) is 5.48 Å². The normalized spacial score (nSPS) is 10.2. The van der Waals surface area contributed by atoms with Crippen LogP contribution in [0.4, 0.5) is 11.4 Å². The molecule has 0 bridgehead atoms. The van der Waals surface area contributed by atoms with Crippen LogP contribution in [0.2, 0.25) is 0 Å². The molecule has 0 fully saturated rings. The summed E-state index contributed by atoms with van der Waals surface area (Å²) in [7, 11) is 0. The molecule has 0 unspecified atom stereocenters. The van der Waals surface area contributed by atoms with E-state index < -0.39 is 0 Å². The lowest BCUT2D eigenvalue weighted by Crippen LogP contribution is -1.89. The van der Waals surface area contributed by atoms with Gasteiger partial charge in [0.1, 0.15) is 11.0 Å². The Bertz CT molecular complexity index is 455. The second kappa shape index (κ2) is 3.04. The van der Waals surface area contributed by atoms with Crippen LogP contribution in [0.1, 0.15) is 0 Å². The van der Waals surface area contributed by atoms with Crippen molar-refractivity contribution in [3.8, 4) is 0 Å². The van der Waals surface area contributed by atoms with Gasteiger partial charge in [-0.05, 0) is 17.3 Å². The monoisotopic (exact) mass is 196 g/mol. The van der Waals surface area contributed by atoms with Crippen LogP contribution < -0.4 is 5.48 Å². The van der Waals surface area contributed by atoms with Crippen molar-refractivity contribution >= 4 is 34.1 Å². The van der Waals surface area contributed by atoms with Crippen molar-refractivity contribution in [2.45, 2.75) is 0 Å². The van der Waals surface area contributed by atoms with Crippen molar-refractivity contribution in [3.63, 3.8) is 0 Å². The summed E-state index contributed by atoms with van der Waals surface area (Å²) in [6, 6.07) is 3.16. The Morgan fingerprint density at radius 1 is 1.46 bits per heavy atom. The van der Waals surface area contributed by atoms with E-state index in [2.05, 4.69) is 13.9 Å². The number of aromatic nitrogens is 2. The number of benzene rings is 1. The van der Waals surface area contributed by atoms with Gasteiger partial charge in [0.2, 0.25) is 0 Å². The lowest BCUT2D eigenvalue weighted by atomic mass is 10.2. The van der Waals surface area contributed by atoms with Crippen molar-refractivity contribution in [3.05, 3.63) is 17.0 Å². The summed E-state index contributed by atoms with van der Waals surface area (Å²) in [6.07, 6.45) is 0. The summed E-state index contributed by atoms with van der Waals surface area (Å²) in [5.74, 6) is 0. The Morgan fingerprint density at radius 3 is 3.00 bits per heavy atom. The molecule has 0 spiro atoms. The van der Waals surface area contributed by atoms with Gasteiger partial charge in [-0.25, -0.2) is 0 Å². The zero-order valence-corrected chi connectivity index (χ0v) is 7.08. The molecule has 0 radical (unpaired) electrons. The summed E-state index contributed by atoms with van der Waals surface area (Å²) in [6.45, 7) is 0. The van der Waals surface area contributed by atoms with E-state index in [9.17, 15) is 4.91 Å². The van der Waals surface area contributed by atoms with E-state index in [0.29, 0.717) is 11.0 Å². The molecule has 1 heterocycles. The van der Waals surface area contributed by atoms with Gasteiger partial charge in [0.25, 0.3) is 0 Å². The first kappa shape index (κ1) is 8.02. The number of nitrogens with zero attached hydrogens (tertiary/aromatic N) is 3. The number of fused-ring (bicyclic) bond motifs is 1. The van der Waals surface area contributed by atoms with Crippen LogP contribution in [-0.4, -0.2) is 14.0 Å². The second-order valence-corrected chi connectivity index (χ2v) is 2.83. The lowest BCUT2D eigenvalue weighted by molar-refractivity contribution is 0.389. The Hall–Kier alpha value is -1.60. The van der Waals surface area contributed by atoms with Gasteiger partial charge >= 0.3 is 0 Å². The standard InChI is InChI=1S/C6H4N4O2S/c11-7-3-1-2-4-6(5(3)8-12)10-13-9-4/h1-2,7,11H. The minimum atomic E-state index is 0.0775. The Kier molecular flexibility index (Phi) is 1.87. The van der Waals surface area contributed by atoms with Crippen molar-refractivity contribution in [2.24, 2.45) is 5.18 Å². The topological polar surface area (TPSA) is 87.5 Å². The van der Waals surface area contributed by atoms with Crippen molar-refractivity contribution < 1.29 is 5.21 Å². The zero-order valence-electron chi connectivity index (χ0n) is 6.26. The highest BCUT2D eigenvalue weighted by Crippen LogP contribution is 2.31. The molecule has 1 aromatic carbocycles. The van der Waals surface area contributed by atoms with Gasteiger partial charge in [-0.3, -0.25) is 10.7 Å². The molecule has 0 aliphatic carbocycles. The predicted octanol–water partition coefficient (Wildman–Crippen LogP) is 1.89. The highest BCUT2D eigenvalue weighted by atomic mass is 32.1. The van der Waals surface area contributed by atoms with Gasteiger partial charge in [0, 0.05) is 0 Å². The Labute approximate surface area is 76.5 Å². The molecular formula is C6H4N4O2S. The zero-order chi connectivity index (χ0) is 9.26. The van der Waals surface area contributed by atoms with Crippen LogP contribution in [-0.2, 0) is 0 Å². The Balaban J connectivity index is 2.81. The molecule has 2 N–H and O–H groups in total. The largest absolute Gasteiger partial charge is 0.291 e. The summed E-state index contributed by atoms with van der Waals surface area (Å²) >= 11 is 0.993. The molecule has 13 heavy (non-hydrogen) atoms. The fraction of sp³-hybridized carbons (Fsp3) is 0. The van der Waals surface area contributed by atoms with Crippen LogP contribution in [0.3, 0.4) is 0 Å². The van der Waals surface area contributed by atoms with Crippen molar-refractivity contribution in [1.29, 1.82) is 0 Å². The number of nitrogens with one attached hydrogen (secondary N) is 1. The van der Waals surface area contributed by atoms with Gasteiger partial charge in [0.05, 0.1) is 17.4 Å². The van der Waals surface area contributed by atoms with Crippen LogP contribution >= 0.6 is 11.7 Å². The molecule has 7 heteroatoms. The van der Waals surface area contributed by atoms with Gasteiger partial charge in [-0.2, -0.15) is 8.75 Å². The SMILES string of the molecule is O=Nc1c(NO)ccc2nsnc12. The number of nitroso groups, excluding NO2 is 1. The molecule has 0 saturated heterocycles. The number of hydrogen-bond donors (Lipinski definition) is 2. The lowest BCUT2D eigenvalue weighted by Gasteiger charge is -1.99. The fourth-order valence-electron chi connectivity index (χ4n) is 1.02. The molecule has 0 aliphatic rings. The minimum Gasteiger partial charge on any atom is -0.291 e. The third-order valence-electron chi connectivity index (χ3n) is 1.61. The molecule has 1 aromatic heterocycles. The average molecular weight is 196 g/mol. The maximum Gasteiger partial charge on any atom is 0.162 e. The van der Waals surface area contributed by atoms with Crippen molar-refractivity contribution in [1.82, 2.24) is 8.75 Å². The molecule has 2 rings (SSSR count). The third kappa shape index (κ3) is 1.14. The van der Waals surface area contributed by atoms with Crippen LogP contribution in [0.5, 0.6) is 0 Å². The van der Waals surface area contributed by atoms with Gasteiger partial charge in [0.15, 0.2) is 5.69 Å². The minimum absolute atomic E-state index is 0.0775. The molecular weight excluding hydrogens is 192 g/mol. The van der Waals surface area contributed by atoms with Gasteiger partial charge in [-0.15, -0.1) is 4.91 Å². The molecule has 0 saturated carbocycles. The van der Waals surface area contributed by atoms with Crippen LogP contribution in [0.25, 0.3) is 11.0 Å². The molecule has 6 nitrogen and oxygen atoms in total. The molecule has 0 amide bonds. The number of hydrogen-bond acceptors (Lipinski definition) is 7. The second-order valence-electron chi connectivity index (χ2n) is 2.30. The molecule has 0 atom stereocenters. The van der Waals surface area contributed by atoms with Gasteiger partial charge in [-0.1, -0.05) is 0 Å². The smallest absolute Gasteiger partial charge is 0.162 e. The van der Waals surface area contributed by atoms with Crippen LogP contribution in [0, 0.1) is 4.91 Å². The van der Waals surface area contributed by atoms with E-state index in [4.69, 9.17) is 5.21 Å². The quantitative estimate of drug-likeness (QED) is 0.565. The summed E-state index contributed by atoms with van der Waals surface area (Å²) < 4.78 is 7.81. The average Bonchev–Trinajstić information content (AvgIpc) is 2.63. The number of anilines is 1. The number of rotatable bonds is 2. The first-order valence-corrected chi connectivity index (χ1v) is 4.08. The van der Waals surface area contributed by atoms with Gasteiger partial charge < -0.3 is 0 Å². The molecule has 2 aromatic rings. The fourth-order valence-corrected chi connectivity index (χ4v) is 1.56. The first-order chi connectivity index (χ1) is 6.36. The maximum absolute atomic E-state index is 10.4. The molecule has 66 valence electrons. The van der Waals surface area contributed by atoms with Crippen LogP contribution in [0.15, 0.2) is 17.3 Å². The first-order valence-electron chi connectivity index (χ1n) is 3.35. The Morgan fingerprint density at radius 2 is 2.31 bits per heavy atom.